The van der Waals surface area contributed by atoms with Crippen molar-refractivity contribution in [2.24, 2.45) is 0 Å². The molecule has 1 amide bonds. The van der Waals surface area contributed by atoms with Gasteiger partial charge in [0.2, 0.25) is 5.91 Å². The first kappa shape index (κ1) is 20.9. The van der Waals surface area contributed by atoms with Crippen LogP contribution in [0.25, 0.3) is 0 Å². The summed E-state index contributed by atoms with van der Waals surface area (Å²) < 4.78 is 9.77. The molecule has 0 bridgehead atoms. The summed E-state index contributed by atoms with van der Waals surface area (Å²) >= 11 is 0. The minimum absolute atomic E-state index is 0.0870. The highest BCUT2D eigenvalue weighted by Crippen LogP contribution is 2.22. The number of hydrogen-bond donors (Lipinski definition) is 1. The molecule has 0 aliphatic carbocycles. The molecule has 140 valence electrons. The van der Waals surface area contributed by atoms with Crippen LogP contribution >= 0.6 is 0 Å². The molecule has 7 heteroatoms. The number of aromatic amines is 1. The minimum atomic E-state index is -0.622. The van der Waals surface area contributed by atoms with E-state index in [4.69, 9.17) is 9.47 Å². The molecule has 7 nitrogen and oxygen atoms in total. The quantitative estimate of drug-likeness (QED) is 0.418. The van der Waals surface area contributed by atoms with Crippen LogP contribution in [-0.4, -0.2) is 61.0 Å². The Morgan fingerprint density at radius 3 is 2.36 bits per heavy atom. The third kappa shape index (κ3) is 4.69. The summed E-state index contributed by atoms with van der Waals surface area (Å²) in [5, 5.41) is 0. The first-order chi connectivity index (χ1) is 11.8. The normalized spacial score (nSPS) is 11.9. The predicted octanol–water partition coefficient (Wildman–Crippen LogP) is 2.26. The van der Waals surface area contributed by atoms with Crippen molar-refractivity contribution in [3.63, 3.8) is 0 Å². The number of aryl methyl sites for hydroxylation is 1. The lowest BCUT2D eigenvalue weighted by Gasteiger charge is -2.28. The number of aromatic nitrogens is 1. The monoisotopic (exact) mass is 352 g/mol. The van der Waals surface area contributed by atoms with Gasteiger partial charge in [-0.25, -0.2) is 4.79 Å². The summed E-state index contributed by atoms with van der Waals surface area (Å²) in [6.45, 7) is 7.88. The van der Waals surface area contributed by atoms with E-state index in [0.29, 0.717) is 42.8 Å². The van der Waals surface area contributed by atoms with Gasteiger partial charge in [-0.05, 0) is 32.8 Å². The molecule has 0 saturated carbocycles. The van der Waals surface area contributed by atoms with Crippen molar-refractivity contribution in [2.75, 3.05) is 27.4 Å². The van der Waals surface area contributed by atoms with Gasteiger partial charge in [0.1, 0.15) is 5.69 Å². The second kappa shape index (κ2) is 9.36. The Hall–Kier alpha value is -2.15. The maximum absolute atomic E-state index is 13.0. The van der Waals surface area contributed by atoms with E-state index in [-0.39, 0.29) is 17.4 Å². The molecule has 0 aliphatic rings. The zero-order chi connectivity index (χ0) is 19.1. The second-order valence-electron chi connectivity index (χ2n) is 5.94. The number of nitrogens with one attached hydrogen (secondary N) is 1. The molecular weight excluding hydrogens is 324 g/mol. The molecule has 0 radical (unpaired) electrons. The number of nitrogens with zero attached hydrogens (tertiary/aromatic N) is 1. The van der Waals surface area contributed by atoms with Crippen LogP contribution in [0, 0.1) is 13.8 Å². The van der Waals surface area contributed by atoms with E-state index in [1.807, 2.05) is 0 Å². The van der Waals surface area contributed by atoms with Crippen LogP contribution in [0.5, 0.6) is 0 Å². The maximum Gasteiger partial charge on any atom is 0.354 e. The standard InChI is InChI=1S/C18H28N2O5/c1-7-14(21)20(9-8-10-24-5)13(4)17(22)15-11(2)16(18(23)25-6)19-12(15)3/h13,19H,7-10H2,1-6H3/t13-/m0/s1. The van der Waals surface area contributed by atoms with E-state index < -0.39 is 12.0 Å². The number of Topliss-reactive ketones (excluding diaryl/α,β-unsaturated/α-hetero) is 1. The Labute approximate surface area is 148 Å². The van der Waals surface area contributed by atoms with Gasteiger partial charge in [0.25, 0.3) is 0 Å². The van der Waals surface area contributed by atoms with E-state index in [0.717, 1.165) is 0 Å². The summed E-state index contributed by atoms with van der Waals surface area (Å²) in [5.74, 6) is -0.800. The summed E-state index contributed by atoms with van der Waals surface area (Å²) in [6.07, 6.45) is 0.974. The zero-order valence-electron chi connectivity index (χ0n) is 15.9. The number of carbonyl (C=O) groups is 3. The van der Waals surface area contributed by atoms with Crippen LogP contribution in [0.1, 0.15) is 58.8 Å². The minimum Gasteiger partial charge on any atom is -0.464 e. The lowest BCUT2D eigenvalue weighted by Crippen LogP contribution is -2.44. The van der Waals surface area contributed by atoms with E-state index >= 15 is 0 Å². The second-order valence-corrected chi connectivity index (χ2v) is 5.94. The van der Waals surface area contributed by atoms with Crippen LogP contribution in [-0.2, 0) is 14.3 Å². The van der Waals surface area contributed by atoms with Crippen LogP contribution in [0.4, 0.5) is 0 Å². The van der Waals surface area contributed by atoms with Crippen LogP contribution in [0.2, 0.25) is 0 Å². The third-order valence-electron chi connectivity index (χ3n) is 4.29. The molecule has 1 heterocycles. The predicted molar refractivity (Wildman–Crippen MR) is 93.9 cm³/mol. The first-order valence-electron chi connectivity index (χ1n) is 8.40. The Morgan fingerprint density at radius 2 is 1.84 bits per heavy atom. The van der Waals surface area contributed by atoms with Crippen LogP contribution < -0.4 is 0 Å². The number of carbonyl (C=O) groups excluding carboxylic acids is 3. The van der Waals surface area contributed by atoms with Crippen molar-refractivity contribution in [1.29, 1.82) is 0 Å². The van der Waals surface area contributed by atoms with E-state index in [1.54, 1.807) is 39.7 Å². The number of methoxy groups -OCH3 is 2. The van der Waals surface area contributed by atoms with Gasteiger partial charge in [-0.2, -0.15) is 0 Å². The highest BCUT2D eigenvalue weighted by Gasteiger charge is 2.30. The molecule has 0 aliphatic heterocycles. The summed E-state index contributed by atoms with van der Waals surface area (Å²) in [4.78, 5) is 41.6. The smallest absolute Gasteiger partial charge is 0.354 e. The Morgan fingerprint density at radius 1 is 1.20 bits per heavy atom. The van der Waals surface area contributed by atoms with Gasteiger partial charge in [0.15, 0.2) is 5.78 Å². The molecule has 1 rings (SSSR count). The zero-order valence-corrected chi connectivity index (χ0v) is 15.9. The molecule has 1 N–H and O–H groups in total. The van der Waals surface area contributed by atoms with Gasteiger partial charge in [-0.1, -0.05) is 6.92 Å². The van der Waals surface area contributed by atoms with Gasteiger partial charge in [0.05, 0.1) is 13.2 Å². The SMILES string of the molecule is CCC(=O)N(CCCOC)[C@@H](C)C(=O)c1c(C)[nH]c(C(=O)OC)c1C. The van der Waals surface area contributed by atoms with Crippen molar-refractivity contribution in [3.8, 4) is 0 Å². The van der Waals surface area contributed by atoms with Crippen LogP contribution in [0.15, 0.2) is 0 Å². The lowest BCUT2D eigenvalue weighted by molar-refractivity contribution is -0.132. The molecular formula is C18H28N2O5. The fourth-order valence-electron chi connectivity index (χ4n) is 2.89. The van der Waals surface area contributed by atoms with Crippen molar-refractivity contribution in [1.82, 2.24) is 9.88 Å². The topological polar surface area (TPSA) is 88.7 Å². The number of esters is 1. The highest BCUT2D eigenvalue weighted by molar-refractivity contribution is 6.06. The molecule has 0 unspecified atom stereocenters. The summed E-state index contributed by atoms with van der Waals surface area (Å²) in [6, 6.07) is -0.622. The number of ether oxygens (including phenoxy) is 2. The average molecular weight is 352 g/mol. The summed E-state index contributed by atoms with van der Waals surface area (Å²) in [5.41, 5.74) is 1.84. The largest absolute Gasteiger partial charge is 0.464 e. The summed E-state index contributed by atoms with van der Waals surface area (Å²) in [7, 11) is 2.89. The van der Waals surface area contributed by atoms with Gasteiger partial charge in [-0.3, -0.25) is 9.59 Å². The maximum atomic E-state index is 13.0. The molecule has 25 heavy (non-hydrogen) atoms. The van der Waals surface area contributed by atoms with E-state index in [1.165, 1.54) is 7.11 Å². The van der Waals surface area contributed by atoms with Gasteiger partial charge in [0, 0.05) is 37.9 Å². The molecule has 1 aromatic rings. The molecule has 0 fully saturated rings. The highest BCUT2D eigenvalue weighted by atomic mass is 16.5. The lowest BCUT2D eigenvalue weighted by atomic mass is 9.99. The van der Waals surface area contributed by atoms with Gasteiger partial charge < -0.3 is 19.4 Å². The van der Waals surface area contributed by atoms with Crippen molar-refractivity contribution in [3.05, 3.63) is 22.5 Å². The van der Waals surface area contributed by atoms with Crippen molar-refractivity contribution >= 4 is 17.7 Å². The van der Waals surface area contributed by atoms with Crippen LogP contribution in [0.3, 0.4) is 0 Å². The van der Waals surface area contributed by atoms with E-state index in [9.17, 15) is 14.4 Å². The fourth-order valence-corrected chi connectivity index (χ4v) is 2.89. The number of H-pyrrole nitrogens is 1. The molecule has 1 atom stereocenters. The Bertz CT molecular complexity index is 636. The Balaban J connectivity index is 3.12. The van der Waals surface area contributed by atoms with Crippen molar-refractivity contribution < 1.29 is 23.9 Å². The number of ketones is 1. The molecule has 0 spiro atoms. The van der Waals surface area contributed by atoms with Crippen molar-refractivity contribution in [2.45, 2.75) is 46.6 Å². The molecule has 0 aromatic carbocycles. The molecule has 0 saturated heterocycles. The number of hydrogen-bond acceptors (Lipinski definition) is 5. The Kier molecular flexibility index (Phi) is 7.83. The first-order valence-corrected chi connectivity index (χ1v) is 8.40. The fraction of sp³-hybridized carbons (Fsp3) is 0.611. The molecule has 1 aromatic heterocycles. The van der Waals surface area contributed by atoms with E-state index in [2.05, 4.69) is 4.98 Å². The van der Waals surface area contributed by atoms with Gasteiger partial charge >= 0.3 is 5.97 Å². The van der Waals surface area contributed by atoms with Gasteiger partial charge in [-0.15, -0.1) is 0 Å². The third-order valence-corrected chi connectivity index (χ3v) is 4.29. The number of amides is 1. The number of rotatable bonds is 9. The average Bonchev–Trinajstić information content (AvgIpc) is 2.90.